The number of rotatable bonds is 7. The fourth-order valence-corrected chi connectivity index (χ4v) is 7.11. The van der Waals surface area contributed by atoms with Crippen LogP contribution < -0.4 is 5.32 Å². The van der Waals surface area contributed by atoms with Gasteiger partial charge in [-0.3, -0.25) is 14.5 Å². The Morgan fingerprint density at radius 3 is 2.59 bits per heavy atom. The minimum atomic E-state index is -0.118. The Labute approximate surface area is 218 Å². The van der Waals surface area contributed by atoms with Crippen LogP contribution in [0.5, 0.6) is 0 Å². The molecule has 37 heavy (non-hydrogen) atoms. The number of piperidine rings is 1. The molecule has 1 aromatic heterocycles. The highest BCUT2D eigenvalue weighted by atomic mass is 16.2. The van der Waals surface area contributed by atoms with Gasteiger partial charge in [-0.15, -0.1) is 0 Å². The van der Waals surface area contributed by atoms with E-state index >= 15 is 0 Å². The van der Waals surface area contributed by atoms with Crippen molar-refractivity contribution in [2.24, 2.45) is 5.92 Å². The Bertz CT molecular complexity index is 1290. The first-order chi connectivity index (χ1) is 18.0. The molecular weight excluding hydrogens is 462 g/mol. The van der Waals surface area contributed by atoms with Crippen LogP contribution in [-0.2, 0) is 15.3 Å². The van der Waals surface area contributed by atoms with E-state index in [4.69, 9.17) is 4.98 Å². The molecule has 2 aromatic carbocycles. The molecule has 0 radical (unpaired) electrons. The summed E-state index contributed by atoms with van der Waals surface area (Å²) in [5.74, 6) is 1.06. The lowest BCUT2D eigenvalue weighted by atomic mass is 9.93. The Morgan fingerprint density at radius 2 is 1.81 bits per heavy atom. The van der Waals surface area contributed by atoms with Crippen LogP contribution in [0.1, 0.15) is 62.9 Å². The van der Waals surface area contributed by atoms with Crippen molar-refractivity contribution in [3.05, 3.63) is 66.0 Å². The quantitative estimate of drug-likeness (QED) is 0.524. The second-order valence-electron chi connectivity index (χ2n) is 11.1. The molecule has 3 saturated heterocycles. The van der Waals surface area contributed by atoms with E-state index in [9.17, 15) is 9.59 Å². The molecule has 7 nitrogen and oxygen atoms in total. The third-order valence-electron chi connectivity index (χ3n) is 8.99. The number of fused-ring (bicyclic) bond motifs is 3. The topological polar surface area (TPSA) is 70.5 Å². The number of para-hydroxylation sites is 2. The molecule has 0 spiro atoms. The van der Waals surface area contributed by atoms with Crippen LogP contribution >= 0.6 is 0 Å². The molecule has 6 rings (SSSR count). The molecule has 3 aliphatic heterocycles. The van der Waals surface area contributed by atoms with Crippen LogP contribution in [0, 0.1) is 12.8 Å². The number of nitrogens with zero attached hydrogens (tertiary/aromatic N) is 4. The van der Waals surface area contributed by atoms with Crippen LogP contribution in [0.15, 0.2) is 54.6 Å². The number of amides is 2. The Balaban J connectivity index is 1.25. The highest BCUT2D eigenvalue weighted by Gasteiger charge is 2.51. The van der Waals surface area contributed by atoms with E-state index in [1.807, 2.05) is 18.2 Å². The fourth-order valence-electron chi connectivity index (χ4n) is 7.11. The van der Waals surface area contributed by atoms with Gasteiger partial charge in [-0.1, -0.05) is 42.5 Å². The summed E-state index contributed by atoms with van der Waals surface area (Å²) in [6, 6.07) is 19.4. The number of benzene rings is 2. The Kier molecular flexibility index (Phi) is 6.27. The average molecular weight is 500 g/mol. The summed E-state index contributed by atoms with van der Waals surface area (Å²) >= 11 is 0. The second kappa shape index (κ2) is 9.60. The van der Waals surface area contributed by atoms with E-state index < -0.39 is 0 Å². The van der Waals surface area contributed by atoms with Gasteiger partial charge in [0.1, 0.15) is 5.82 Å². The molecule has 0 saturated carbocycles. The van der Waals surface area contributed by atoms with Gasteiger partial charge in [0.05, 0.1) is 28.7 Å². The van der Waals surface area contributed by atoms with E-state index in [0.717, 1.165) is 42.7 Å². The molecule has 2 amide bonds. The average Bonchev–Trinajstić information content (AvgIpc) is 3.29. The molecule has 4 heterocycles. The van der Waals surface area contributed by atoms with Gasteiger partial charge in [0.25, 0.3) is 0 Å². The highest BCUT2D eigenvalue weighted by Crippen LogP contribution is 2.49. The summed E-state index contributed by atoms with van der Waals surface area (Å²) in [5.41, 5.74) is 3.38. The van der Waals surface area contributed by atoms with Crippen molar-refractivity contribution in [2.45, 2.75) is 70.1 Å². The van der Waals surface area contributed by atoms with Crippen molar-refractivity contribution in [3.8, 4) is 0 Å². The van der Waals surface area contributed by atoms with Gasteiger partial charge >= 0.3 is 0 Å². The number of nitrogens with one attached hydrogen (secondary N) is 1. The summed E-state index contributed by atoms with van der Waals surface area (Å²) < 4.78 is 2.52. The number of carbonyl (C=O) groups is 2. The van der Waals surface area contributed by atoms with Crippen molar-refractivity contribution < 1.29 is 9.59 Å². The van der Waals surface area contributed by atoms with Gasteiger partial charge < -0.3 is 14.8 Å². The first-order valence-corrected chi connectivity index (χ1v) is 13.8. The smallest absolute Gasteiger partial charge is 0.227 e. The summed E-state index contributed by atoms with van der Waals surface area (Å²) in [6.07, 6.45) is 6.80. The maximum absolute atomic E-state index is 13.1. The number of aryl methyl sites for hydroxylation is 1. The molecule has 2 unspecified atom stereocenters. The van der Waals surface area contributed by atoms with Crippen LogP contribution in [0.3, 0.4) is 0 Å². The predicted octanol–water partition coefficient (Wildman–Crippen LogP) is 4.37. The minimum Gasteiger partial charge on any atom is -0.349 e. The molecule has 3 aromatic rings. The van der Waals surface area contributed by atoms with Crippen molar-refractivity contribution in [2.75, 3.05) is 19.6 Å². The lowest BCUT2D eigenvalue weighted by Crippen LogP contribution is -2.56. The summed E-state index contributed by atoms with van der Waals surface area (Å²) in [6.45, 7) is 5.67. The third kappa shape index (κ3) is 4.23. The standard InChI is InChI=1S/C30H37N5O2/c1-21-31-27-12-6-7-13-28(27)35(21)30-16-8-11-25(14-17-30)34(30)18-15-26(23-9-4-3-5-10-23)32-29(37)24-19-33(20-24)22(2)36/h3-7,9-10,12-13,24-26H,8,11,14-20H2,1-2H3,(H,32,37)/t25?,26-,30?/m0/s1. The van der Waals surface area contributed by atoms with Gasteiger partial charge in [0.2, 0.25) is 11.8 Å². The molecule has 0 aliphatic carbocycles. The van der Waals surface area contributed by atoms with Gasteiger partial charge in [-0.2, -0.15) is 0 Å². The number of carbonyl (C=O) groups excluding carboxylic acids is 2. The van der Waals surface area contributed by atoms with Gasteiger partial charge in [-0.25, -0.2) is 4.98 Å². The number of hydrogen-bond acceptors (Lipinski definition) is 4. The number of likely N-dealkylation sites (tertiary alicyclic amines) is 1. The van der Waals surface area contributed by atoms with Crippen LogP contribution in [0.4, 0.5) is 0 Å². The fraction of sp³-hybridized carbons (Fsp3) is 0.500. The lowest BCUT2D eigenvalue weighted by Gasteiger charge is -2.47. The van der Waals surface area contributed by atoms with E-state index in [1.54, 1.807) is 11.8 Å². The molecule has 3 aliphatic rings. The van der Waals surface area contributed by atoms with Crippen molar-refractivity contribution >= 4 is 22.8 Å². The molecule has 3 atom stereocenters. The number of aromatic nitrogens is 2. The monoisotopic (exact) mass is 499 g/mol. The molecule has 7 heteroatoms. The zero-order valence-corrected chi connectivity index (χ0v) is 21.9. The zero-order valence-electron chi connectivity index (χ0n) is 21.9. The van der Waals surface area contributed by atoms with Crippen molar-refractivity contribution in [1.29, 1.82) is 0 Å². The molecule has 1 N–H and O–H groups in total. The predicted molar refractivity (Wildman–Crippen MR) is 144 cm³/mol. The minimum absolute atomic E-state index is 0.0388. The molecular formula is C30H37N5O2. The first-order valence-electron chi connectivity index (χ1n) is 13.8. The van der Waals surface area contributed by atoms with Gasteiger partial charge in [-0.05, 0) is 63.1 Å². The third-order valence-corrected chi connectivity index (χ3v) is 8.99. The van der Waals surface area contributed by atoms with Crippen LogP contribution in [-0.4, -0.2) is 56.8 Å². The maximum atomic E-state index is 13.1. The van der Waals surface area contributed by atoms with E-state index in [1.165, 1.54) is 24.8 Å². The Hall–Kier alpha value is -3.19. The lowest BCUT2D eigenvalue weighted by molar-refractivity contribution is -0.141. The first kappa shape index (κ1) is 24.2. The summed E-state index contributed by atoms with van der Waals surface area (Å²) in [7, 11) is 0. The highest BCUT2D eigenvalue weighted by molar-refractivity contribution is 5.84. The van der Waals surface area contributed by atoms with Crippen LogP contribution in [0.25, 0.3) is 11.0 Å². The van der Waals surface area contributed by atoms with E-state index in [2.05, 4.69) is 58.1 Å². The number of hydrogen-bond donors (Lipinski definition) is 1. The summed E-state index contributed by atoms with van der Waals surface area (Å²) in [4.78, 5) is 34.1. The molecule has 3 fully saturated rings. The largest absolute Gasteiger partial charge is 0.349 e. The Morgan fingerprint density at radius 1 is 1.05 bits per heavy atom. The normalized spacial score (nSPS) is 24.7. The SMILES string of the molecule is CC(=O)N1CC(C(=O)N[C@@H](CCN2C3CCCC2(n2c(C)nc4ccccc42)CC3)c2ccccc2)C1. The van der Waals surface area contributed by atoms with Crippen molar-refractivity contribution in [1.82, 2.24) is 24.7 Å². The maximum Gasteiger partial charge on any atom is 0.227 e. The molecule has 2 bridgehead atoms. The zero-order chi connectivity index (χ0) is 25.6. The number of imidazole rings is 1. The second-order valence-corrected chi connectivity index (χ2v) is 11.1. The van der Waals surface area contributed by atoms with Crippen LogP contribution in [0.2, 0.25) is 0 Å². The van der Waals surface area contributed by atoms with E-state index in [-0.39, 0.29) is 29.4 Å². The summed E-state index contributed by atoms with van der Waals surface area (Å²) in [5, 5.41) is 3.35. The molecule has 194 valence electrons. The van der Waals surface area contributed by atoms with Gasteiger partial charge in [0.15, 0.2) is 0 Å². The van der Waals surface area contributed by atoms with E-state index in [0.29, 0.717) is 19.1 Å². The van der Waals surface area contributed by atoms with Crippen molar-refractivity contribution in [3.63, 3.8) is 0 Å². The van der Waals surface area contributed by atoms with Gasteiger partial charge in [0, 0.05) is 32.6 Å².